The predicted molar refractivity (Wildman–Crippen MR) is 124 cm³/mol. The molecule has 0 radical (unpaired) electrons. The van der Waals surface area contributed by atoms with E-state index in [2.05, 4.69) is 12.1 Å². The van der Waals surface area contributed by atoms with Crippen molar-refractivity contribution in [2.45, 2.75) is 71.0 Å². The van der Waals surface area contributed by atoms with E-state index in [4.69, 9.17) is 23.7 Å². The van der Waals surface area contributed by atoms with Crippen LogP contribution in [-0.2, 0) is 39.8 Å². The van der Waals surface area contributed by atoms with Gasteiger partial charge in [-0.1, -0.05) is 31.4 Å². The minimum absolute atomic E-state index is 0.0192. The van der Waals surface area contributed by atoms with Crippen LogP contribution in [0.15, 0.2) is 24.3 Å². The van der Waals surface area contributed by atoms with E-state index in [1.54, 1.807) is 14.0 Å². The van der Waals surface area contributed by atoms with Gasteiger partial charge in [-0.05, 0) is 57.7 Å². The number of esters is 3. The second kappa shape index (κ2) is 16.1. The summed E-state index contributed by atoms with van der Waals surface area (Å²) in [7, 11) is 1.64. The molecule has 0 heterocycles. The summed E-state index contributed by atoms with van der Waals surface area (Å²) in [6.45, 7) is 4.41. The van der Waals surface area contributed by atoms with Crippen molar-refractivity contribution >= 4 is 17.9 Å². The molecule has 1 aromatic rings. The molecule has 1 unspecified atom stereocenters. The number of unbranched alkanes of at least 4 members (excludes halogenated alkanes) is 4. The maximum atomic E-state index is 12.5. The number of ether oxygens (including phenoxy) is 5. The highest BCUT2D eigenvalue weighted by atomic mass is 16.6. The molecule has 9 heteroatoms. The van der Waals surface area contributed by atoms with Crippen molar-refractivity contribution < 1.29 is 43.2 Å². The van der Waals surface area contributed by atoms with Gasteiger partial charge in [-0.3, -0.25) is 0 Å². The van der Waals surface area contributed by atoms with E-state index in [1.807, 2.05) is 12.1 Å². The minimum Gasteiger partial charge on any atom is -0.497 e. The van der Waals surface area contributed by atoms with E-state index in [1.165, 1.54) is 19.4 Å². The first-order valence-electron chi connectivity index (χ1n) is 11.8. The molecule has 9 nitrogen and oxygen atoms in total. The van der Waals surface area contributed by atoms with Gasteiger partial charge in [0, 0.05) is 6.61 Å². The molecule has 1 atom stereocenters. The van der Waals surface area contributed by atoms with E-state index in [-0.39, 0.29) is 26.4 Å². The van der Waals surface area contributed by atoms with E-state index in [9.17, 15) is 19.5 Å². The van der Waals surface area contributed by atoms with Crippen LogP contribution in [0.2, 0.25) is 0 Å². The Kier molecular flexibility index (Phi) is 13.9. The van der Waals surface area contributed by atoms with Crippen LogP contribution < -0.4 is 4.74 Å². The molecule has 0 aliphatic heterocycles. The van der Waals surface area contributed by atoms with Crippen LogP contribution in [0, 0.1) is 0 Å². The fraction of sp³-hybridized carbons (Fsp3) is 0.640. The Morgan fingerprint density at radius 3 is 1.88 bits per heavy atom. The second-order valence-corrected chi connectivity index (χ2v) is 7.58. The molecule has 1 rings (SSSR count). The summed E-state index contributed by atoms with van der Waals surface area (Å²) in [4.78, 5) is 37.3. The smallest absolute Gasteiger partial charge is 0.353 e. The lowest BCUT2D eigenvalue weighted by Gasteiger charge is -2.30. The summed E-state index contributed by atoms with van der Waals surface area (Å²) in [5, 5.41) is 10.9. The standard InChI is InChI=1S/C25H38O9/c1-5-31-22(26)21(25(29,23(27)32-6-2)24(28)33-7-3)34-18-12-10-8-9-11-13-19-14-16-20(30-4)17-15-19/h14-17,21,29H,5-13,18H2,1-4H3. The van der Waals surface area contributed by atoms with Gasteiger partial charge in [0.2, 0.25) is 6.10 Å². The Morgan fingerprint density at radius 2 is 1.35 bits per heavy atom. The van der Waals surface area contributed by atoms with Crippen LogP contribution in [0.25, 0.3) is 0 Å². The van der Waals surface area contributed by atoms with Crippen LogP contribution in [0.4, 0.5) is 0 Å². The highest BCUT2D eigenvalue weighted by Gasteiger charge is 2.58. The predicted octanol–water partition coefficient (Wildman–Crippen LogP) is 2.99. The zero-order valence-corrected chi connectivity index (χ0v) is 20.7. The fourth-order valence-corrected chi connectivity index (χ4v) is 3.31. The SMILES string of the molecule is CCOC(=O)C(OCCCCCCCc1ccc(OC)cc1)C(O)(C(=O)OCC)C(=O)OCC. The van der Waals surface area contributed by atoms with Crippen LogP contribution >= 0.6 is 0 Å². The summed E-state index contributed by atoms with van der Waals surface area (Å²) in [6, 6.07) is 7.99. The first-order valence-corrected chi connectivity index (χ1v) is 11.8. The molecule has 34 heavy (non-hydrogen) atoms. The average Bonchev–Trinajstić information content (AvgIpc) is 2.83. The lowest BCUT2D eigenvalue weighted by molar-refractivity contribution is -0.208. The molecule has 1 N–H and O–H groups in total. The molecule has 0 saturated heterocycles. The number of benzene rings is 1. The van der Waals surface area contributed by atoms with Crippen molar-refractivity contribution in [3.05, 3.63) is 29.8 Å². The van der Waals surface area contributed by atoms with Crippen molar-refractivity contribution in [2.75, 3.05) is 33.5 Å². The lowest BCUT2D eigenvalue weighted by atomic mass is 9.96. The lowest BCUT2D eigenvalue weighted by Crippen LogP contribution is -2.61. The molecular formula is C25H38O9. The Morgan fingerprint density at radius 1 is 0.824 bits per heavy atom. The Hall–Kier alpha value is -2.65. The zero-order valence-electron chi connectivity index (χ0n) is 20.7. The molecule has 0 fully saturated rings. The van der Waals surface area contributed by atoms with Crippen LogP contribution in [0.3, 0.4) is 0 Å². The number of carbonyl (C=O) groups excluding carboxylic acids is 3. The van der Waals surface area contributed by atoms with Gasteiger partial charge >= 0.3 is 17.9 Å². The van der Waals surface area contributed by atoms with Crippen molar-refractivity contribution in [2.24, 2.45) is 0 Å². The monoisotopic (exact) mass is 482 g/mol. The number of aryl methyl sites for hydroxylation is 1. The fourth-order valence-electron chi connectivity index (χ4n) is 3.31. The molecule has 0 saturated carbocycles. The molecule has 0 aliphatic carbocycles. The van der Waals surface area contributed by atoms with Gasteiger partial charge in [-0.15, -0.1) is 0 Å². The summed E-state index contributed by atoms with van der Waals surface area (Å²) in [5.41, 5.74) is -1.70. The van der Waals surface area contributed by atoms with Gasteiger partial charge in [0.25, 0.3) is 5.60 Å². The summed E-state index contributed by atoms with van der Waals surface area (Å²) in [6.07, 6.45) is 3.46. The van der Waals surface area contributed by atoms with Gasteiger partial charge in [-0.2, -0.15) is 0 Å². The van der Waals surface area contributed by atoms with Crippen molar-refractivity contribution in [1.29, 1.82) is 0 Å². The molecule has 1 aromatic carbocycles. The first-order chi connectivity index (χ1) is 16.3. The quantitative estimate of drug-likeness (QED) is 0.155. The molecule has 0 aromatic heterocycles. The zero-order chi connectivity index (χ0) is 25.4. The second-order valence-electron chi connectivity index (χ2n) is 7.58. The van der Waals surface area contributed by atoms with Crippen LogP contribution in [-0.4, -0.2) is 68.3 Å². The largest absolute Gasteiger partial charge is 0.497 e. The maximum Gasteiger partial charge on any atom is 0.353 e. The number of hydrogen-bond donors (Lipinski definition) is 1. The molecule has 0 amide bonds. The van der Waals surface area contributed by atoms with Gasteiger partial charge in [0.05, 0.1) is 26.9 Å². The van der Waals surface area contributed by atoms with Crippen molar-refractivity contribution in [3.8, 4) is 5.75 Å². The highest BCUT2D eigenvalue weighted by Crippen LogP contribution is 2.22. The highest BCUT2D eigenvalue weighted by molar-refractivity contribution is 6.08. The molecular weight excluding hydrogens is 444 g/mol. The minimum atomic E-state index is -2.95. The van der Waals surface area contributed by atoms with E-state index >= 15 is 0 Å². The number of rotatable bonds is 17. The molecule has 0 spiro atoms. The van der Waals surface area contributed by atoms with Crippen LogP contribution in [0.5, 0.6) is 5.75 Å². The number of hydrogen-bond acceptors (Lipinski definition) is 9. The van der Waals surface area contributed by atoms with E-state index in [0.29, 0.717) is 6.42 Å². The van der Waals surface area contributed by atoms with Crippen molar-refractivity contribution in [1.82, 2.24) is 0 Å². The average molecular weight is 483 g/mol. The van der Waals surface area contributed by atoms with E-state index in [0.717, 1.165) is 37.9 Å². The number of aliphatic hydroxyl groups is 1. The third-order valence-corrected chi connectivity index (χ3v) is 5.11. The first kappa shape index (κ1) is 29.4. The normalized spacial score (nSPS) is 12.0. The number of methoxy groups -OCH3 is 1. The third kappa shape index (κ3) is 8.95. The third-order valence-electron chi connectivity index (χ3n) is 5.11. The Balaban J connectivity index is 2.58. The number of carbonyl (C=O) groups is 3. The van der Waals surface area contributed by atoms with Gasteiger partial charge < -0.3 is 28.8 Å². The molecule has 0 aliphatic rings. The van der Waals surface area contributed by atoms with E-state index < -0.39 is 29.6 Å². The maximum absolute atomic E-state index is 12.5. The Bertz CT molecular complexity index is 727. The van der Waals surface area contributed by atoms with Gasteiger partial charge in [0.1, 0.15) is 5.75 Å². The van der Waals surface area contributed by atoms with Gasteiger partial charge in [0.15, 0.2) is 0 Å². The summed E-state index contributed by atoms with van der Waals surface area (Å²) in [5.74, 6) is -2.83. The van der Waals surface area contributed by atoms with Crippen molar-refractivity contribution in [3.63, 3.8) is 0 Å². The topological polar surface area (TPSA) is 118 Å². The van der Waals surface area contributed by atoms with Crippen LogP contribution in [0.1, 0.15) is 58.4 Å². The molecule has 0 bridgehead atoms. The summed E-state index contributed by atoms with van der Waals surface area (Å²) >= 11 is 0. The Labute approximate surface area is 201 Å². The summed E-state index contributed by atoms with van der Waals surface area (Å²) < 4.78 is 25.2. The van der Waals surface area contributed by atoms with Gasteiger partial charge in [-0.25, -0.2) is 14.4 Å². The molecule has 192 valence electrons.